The van der Waals surface area contributed by atoms with Gasteiger partial charge in [-0.3, -0.25) is 9.69 Å². The number of methoxy groups -OCH3 is 1. The number of benzene rings is 2. The highest BCUT2D eigenvalue weighted by Crippen LogP contribution is 2.53. The third-order valence-electron chi connectivity index (χ3n) is 4.21. The number of unbranched alkanes of at least 4 members (excludes halogenated alkanes) is 1. The van der Waals surface area contributed by atoms with Gasteiger partial charge < -0.3 is 9.47 Å². The Labute approximate surface area is 163 Å². The van der Waals surface area contributed by atoms with E-state index in [0.717, 1.165) is 40.5 Å². The number of hydrogen-bond donors (Lipinski definition) is 0. The fourth-order valence-corrected chi connectivity index (χ4v) is 4.50. The molecule has 0 radical (unpaired) electrons. The minimum atomic E-state index is -0.178. The summed E-state index contributed by atoms with van der Waals surface area (Å²) in [5, 5.41) is -0.178. The van der Waals surface area contributed by atoms with Crippen molar-refractivity contribution in [2.75, 3.05) is 24.5 Å². The number of halogens is 1. The van der Waals surface area contributed by atoms with Gasteiger partial charge >= 0.3 is 0 Å². The van der Waals surface area contributed by atoms with Crippen molar-refractivity contribution in [3.63, 3.8) is 0 Å². The Hall–Kier alpha value is -1.85. The molecular formula is C20H22ClNO3S. The third-order valence-corrected chi connectivity index (χ3v) is 5.76. The lowest BCUT2D eigenvalue weighted by molar-refractivity contribution is -0.116. The summed E-state index contributed by atoms with van der Waals surface area (Å²) in [5.74, 6) is 2.15. The van der Waals surface area contributed by atoms with Crippen LogP contribution < -0.4 is 14.4 Å². The van der Waals surface area contributed by atoms with E-state index in [1.807, 2.05) is 47.4 Å². The molecule has 1 unspecified atom stereocenters. The van der Waals surface area contributed by atoms with Gasteiger partial charge in [-0.15, -0.1) is 11.6 Å². The highest BCUT2D eigenvalue weighted by atomic mass is 35.5. The molecule has 0 aromatic heterocycles. The summed E-state index contributed by atoms with van der Waals surface area (Å²) in [6.45, 7) is 2.19. The van der Waals surface area contributed by atoms with Gasteiger partial charge in [-0.2, -0.15) is 0 Å². The zero-order valence-electron chi connectivity index (χ0n) is 14.9. The van der Waals surface area contributed by atoms with Crippen molar-refractivity contribution < 1.29 is 14.3 Å². The fourth-order valence-electron chi connectivity index (χ4n) is 2.95. The summed E-state index contributed by atoms with van der Waals surface area (Å²) in [4.78, 5) is 15.3. The number of ether oxygens (including phenoxy) is 2. The lowest BCUT2D eigenvalue weighted by Crippen LogP contribution is -2.28. The number of alkyl halides is 1. The maximum atomic E-state index is 12.4. The average molecular weight is 392 g/mol. The number of carbonyl (C=O) groups is 1. The van der Waals surface area contributed by atoms with Crippen LogP contribution in [0.4, 0.5) is 5.69 Å². The number of thioether (sulfide) groups is 1. The van der Waals surface area contributed by atoms with Crippen LogP contribution in [-0.2, 0) is 4.79 Å². The predicted molar refractivity (Wildman–Crippen MR) is 107 cm³/mol. The quantitative estimate of drug-likeness (QED) is 0.477. The molecule has 1 aliphatic rings. The topological polar surface area (TPSA) is 38.8 Å². The minimum absolute atomic E-state index is 0.00311. The van der Waals surface area contributed by atoms with Gasteiger partial charge in [-0.05, 0) is 43.2 Å². The van der Waals surface area contributed by atoms with E-state index in [0.29, 0.717) is 12.5 Å². The zero-order valence-corrected chi connectivity index (χ0v) is 16.5. The maximum absolute atomic E-state index is 12.4. The standard InChI is InChI=1S/C20H22ClNO3S/c1-14(23)22-17-7-3-4-8-19(17)26-20(22)16-13-15(24-2)9-10-18(16)25-12-6-5-11-21/h3-4,7-10,13,20H,5-6,11-12H2,1-2H3. The average Bonchev–Trinajstić information content (AvgIpc) is 3.05. The van der Waals surface area contributed by atoms with Crippen LogP contribution in [0, 0.1) is 0 Å². The Bertz CT molecular complexity index is 783. The molecule has 0 spiro atoms. The predicted octanol–water partition coefficient (Wildman–Crippen LogP) is 5.25. The van der Waals surface area contributed by atoms with E-state index in [-0.39, 0.29) is 11.3 Å². The molecule has 26 heavy (non-hydrogen) atoms. The second-order valence-electron chi connectivity index (χ2n) is 5.98. The van der Waals surface area contributed by atoms with E-state index in [9.17, 15) is 4.79 Å². The van der Waals surface area contributed by atoms with Crippen LogP contribution in [0.25, 0.3) is 0 Å². The van der Waals surface area contributed by atoms with Gasteiger partial charge in [0.05, 0.1) is 19.4 Å². The summed E-state index contributed by atoms with van der Waals surface area (Å²) in [6.07, 6.45) is 1.81. The molecule has 6 heteroatoms. The first-order valence-corrected chi connectivity index (χ1v) is 9.99. The second-order valence-corrected chi connectivity index (χ2v) is 7.48. The molecule has 0 saturated heterocycles. The molecule has 0 fully saturated rings. The molecule has 138 valence electrons. The third kappa shape index (κ3) is 3.94. The first kappa shape index (κ1) is 18.9. The molecule has 2 aromatic rings. The normalized spacial score (nSPS) is 15.7. The SMILES string of the molecule is COc1ccc(OCCCCCl)c(C2Sc3ccccc3N2C(C)=O)c1. The van der Waals surface area contributed by atoms with Crippen LogP contribution in [0.3, 0.4) is 0 Å². The highest BCUT2D eigenvalue weighted by Gasteiger charge is 2.35. The number of nitrogens with zero attached hydrogens (tertiary/aromatic N) is 1. The number of para-hydroxylation sites is 1. The fraction of sp³-hybridized carbons (Fsp3) is 0.350. The summed E-state index contributed by atoms with van der Waals surface area (Å²) < 4.78 is 11.4. The van der Waals surface area contributed by atoms with Crippen LogP contribution in [0.1, 0.15) is 30.7 Å². The van der Waals surface area contributed by atoms with Crippen LogP contribution in [0.15, 0.2) is 47.4 Å². The Morgan fingerprint density at radius 2 is 2.04 bits per heavy atom. The van der Waals surface area contributed by atoms with Crippen molar-refractivity contribution >= 4 is 35.0 Å². The molecule has 4 nitrogen and oxygen atoms in total. The molecule has 0 saturated carbocycles. The zero-order chi connectivity index (χ0) is 18.5. The number of anilines is 1. The summed E-state index contributed by atoms with van der Waals surface area (Å²) in [7, 11) is 1.64. The number of hydrogen-bond acceptors (Lipinski definition) is 4. The van der Waals surface area contributed by atoms with Crippen molar-refractivity contribution in [2.24, 2.45) is 0 Å². The first-order valence-electron chi connectivity index (χ1n) is 8.58. The lowest BCUT2D eigenvalue weighted by atomic mass is 10.1. The Morgan fingerprint density at radius 1 is 1.23 bits per heavy atom. The number of rotatable bonds is 7. The molecule has 1 amide bonds. The van der Waals surface area contributed by atoms with Gasteiger partial charge in [-0.25, -0.2) is 0 Å². The van der Waals surface area contributed by atoms with E-state index in [4.69, 9.17) is 21.1 Å². The maximum Gasteiger partial charge on any atom is 0.225 e. The van der Waals surface area contributed by atoms with Crippen LogP contribution >= 0.6 is 23.4 Å². The van der Waals surface area contributed by atoms with E-state index < -0.39 is 0 Å². The smallest absolute Gasteiger partial charge is 0.225 e. The number of fused-ring (bicyclic) bond motifs is 1. The van der Waals surface area contributed by atoms with Gasteiger partial charge in [0.15, 0.2) is 0 Å². The van der Waals surface area contributed by atoms with Gasteiger partial charge in [0.25, 0.3) is 0 Å². The van der Waals surface area contributed by atoms with E-state index >= 15 is 0 Å². The van der Waals surface area contributed by atoms with Crippen molar-refractivity contribution in [3.05, 3.63) is 48.0 Å². The largest absolute Gasteiger partial charge is 0.497 e. The molecule has 2 aromatic carbocycles. The van der Waals surface area contributed by atoms with Crippen molar-refractivity contribution in [2.45, 2.75) is 30.0 Å². The van der Waals surface area contributed by atoms with E-state index in [1.165, 1.54) is 0 Å². The molecule has 0 aliphatic carbocycles. The Balaban J connectivity index is 1.95. The van der Waals surface area contributed by atoms with Crippen molar-refractivity contribution in [1.82, 2.24) is 0 Å². The number of amides is 1. The molecule has 0 bridgehead atoms. The number of carbonyl (C=O) groups excluding carboxylic acids is 1. The van der Waals surface area contributed by atoms with Crippen molar-refractivity contribution in [1.29, 1.82) is 0 Å². The lowest BCUT2D eigenvalue weighted by Gasteiger charge is -2.25. The monoisotopic (exact) mass is 391 g/mol. The summed E-state index contributed by atoms with van der Waals surface area (Å²) >= 11 is 7.39. The molecule has 3 rings (SSSR count). The minimum Gasteiger partial charge on any atom is -0.497 e. The second kappa shape index (κ2) is 8.69. The summed E-state index contributed by atoms with van der Waals surface area (Å²) in [6, 6.07) is 13.7. The molecule has 0 N–H and O–H groups in total. The molecular weight excluding hydrogens is 370 g/mol. The molecule has 1 aliphatic heterocycles. The first-order chi connectivity index (χ1) is 12.7. The Kier molecular flexibility index (Phi) is 6.33. The van der Waals surface area contributed by atoms with Crippen LogP contribution in [-0.4, -0.2) is 25.5 Å². The van der Waals surface area contributed by atoms with Gasteiger partial charge in [-0.1, -0.05) is 23.9 Å². The van der Waals surface area contributed by atoms with Crippen molar-refractivity contribution in [3.8, 4) is 11.5 Å². The molecule has 1 heterocycles. The van der Waals surface area contributed by atoms with Gasteiger partial charge in [0.1, 0.15) is 16.9 Å². The van der Waals surface area contributed by atoms with E-state index in [2.05, 4.69) is 0 Å². The Morgan fingerprint density at radius 3 is 2.77 bits per heavy atom. The van der Waals surface area contributed by atoms with Crippen LogP contribution in [0.5, 0.6) is 11.5 Å². The van der Waals surface area contributed by atoms with Gasteiger partial charge in [0, 0.05) is 23.3 Å². The van der Waals surface area contributed by atoms with Gasteiger partial charge in [0.2, 0.25) is 5.91 Å². The summed E-state index contributed by atoms with van der Waals surface area (Å²) in [5.41, 5.74) is 1.87. The molecule has 1 atom stereocenters. The van der Waals surface area contributed by atoms with Crippen LogP contribution in [0.2, 0.25) is 0 Å². The van der Waals surface area contributed by atoms with E-state index in [1.54, 1.807) is 25.8 Å². The highest BCUT2D eigenvalue weighted by molar-refractivity contribution is 8.00.